The minimum atomic E-state index is -0.604. The van der Waals surface area contributed by atoms with Gasteiger partial charge in [-0.25, -0.2) is 15.2 Å². The summed E-state index contributed by atoms with van der Waals surface area (Å²) in [5.74, 6) is 0.239. The number of hydrogen-bond acceptors (Lipinski definition) is 7. The molecule has 0 aliphatic carbocycles. The van der Waals surface area contributed by atoms with Crippen molar-refractivity contribution < 1.29 is 14.3 Å². The number of hydrazine groups is 1. The second-order valence-corrected chi connectivity index (χ2v) is 8.45. The summed E-state index contributed by atoms with van der Waals surface area (Å²) in [4.78, 5) is 27.9. The van der Waals surface area contributed by atoms with Crippen LogP contribution in [0.15, 0.2) is 18.3 Å². The van der Waals surface area contributed by atoms with Crippen LogP contribution in [0, 0.1) is 0 Å². The second-order valence-electron chi connectivity index (χ2n) is 8.45. The summed E-state index contributed by atoms with van der Waals surface area (Å²) in [5, 5.41) is 6.29. The molecule has 1 heterocycles. The Bertz CT molecular complexity index is 631. The van der Waals surface area contributed by atoms with Crippen molar-refractivity contribution in [1.82, 2.24) is 21.0 Å². The Labute approximate surface area is 186 Å². The van der Waals surface area contributed by atoms with E-state index in [-0.39, 0.29) is 5.91 Å². The van der Waals surface area contributed by atoms with E-state index in [1.54, 1.807) is 32.9 Å². The lowest BCUT2D eigenvalue weighted by atomic mass is 10.1. The van der Waals surface area contributed by atoms with Crippen LogP contribution in [0.25, 0.3) is 0 Å². The molecule has 1 aromatic rings. The van der Waals surface area contributed by atoms with Gasteiger partial charge in [0.1, 0.15) is 11.4 Å². The number of aromatic nitrogens is 1. The number of rotatable bonds is 15. The number of pyridine rings is 1. The van der Waals surface area contributed by atoms with Gasteiger partial charge < -0.3 is 21.1 Å². The zero-order valence-electron chi connectivity index (χ0n) is 19.3. The number of nitrogens with two attached hydrogens (primary N) is 1. The number of unbranched alkanes of at least 4 members (excludes halogenated alkanes) is 5. The molecule has 9 heteroatoms. The standard InChI is InChI=1S/C22H40N6O3/c1-22(2,3)31-21(30)28-27-19-12-11-18(17-26-19)20(29)25-16-10-15-24-14-9-7-5-4-6-8-13-23/h11-12,17,24H,4-10,13-16,23H2,1-3H3,(H,25,29)(H,26,27)(H,28,30). The van der Waals surface area contributed by atoms with Gasteiger partial charge in [-0.15, -0.1) is 0 Å². The Morgan fingerprint density at radius 2 is 1.65 bits per heavy atom. The molecule has 0 saturated carbocycles. The molecule has 0 atom stereocenters. The van der Waals surface area contributed by atoms with Gasteiger partial charge in [-0.3, -0.25) is 10.2 Å². The van der Waals surface area contributed by atoms with Gasteiger partial charge in [0.05, 0.1) is 5.56 Å². The van der Waals surface area contributed by atoms with Crippen molar-refractivity contribution in [3.05, 3.63) is 23.9 Å². The third-order valence-electron chi connectivity index (χ3n) is 4.34. The van der Waals surface area contributed by atoms with E-state index < -0.39 is 11.7 Å². The van der Waals surface area contributed by atoms with E-state index in [9.17, 15) is 9.59 Å². The predicted molar refractivity (Wildman–Crippen MR) is 124 cm³/mol. The van der Waals surface area contributed by atoms with E-state index in [1.165, 1.54) is 38.3 Å². The molecule has 0 aliphatic rings. The Morgan fingerprint density at radius 3 is 2.29 bits per heavy atom. The van der Waals surface area contributed by atoms with Crippen LogP contribution in [-0.2, 0) is 4.74 Å². The molecule has 0 bridgehead atoms. The average Bonchev–Trinajstić information content (AvgIpc) is 2.72. The van der Waals surface area contributed by atoms with Crippen molar-refractivity contribution in [1.29, 1.82) is 0 Å². The molecular formula is C22H40N6O3. The Hall–Kier alpha value is -2.39. The van der Waals surface area contributed by atoms with Crippen LogP contribution in [0.1, 0.15) is 76.1 Å². The Morgan fingerprint density at radius 1 is 0.968 bits per heavy atom. The van der Waals surface area contributed by atoms with E-state index in [4.69, 9.17) is 10.5 Å². The number of carbonyl (C=O) groups is 2. The van der Waals surface area contributed by atoms with Crippen LogP contribution in [0.2, 0.25) is 0 Å². The number of ether oxygens (including phenoxy) is 1. The first-order chi connectivity index (χ1) is 14.8. The number of hydrogen-bond donors (Lipinski definition) is 5. The van der Waals surface area contributed by atoms with Crippen molar-refractivity contribution in [2.45, 2.75) is 71.3 Å². The molecule has 9 nitrogen and oxygen atoms in total. The molecule has 31 heavy (non-hydrogen) atoms. The molecule has 0 aliphatic heterocycles. The van der Waals surface area contributed by atoms with Crippen LogP contribution in [0.5, 0.6) is 0 Å². The molecule has 0 fully saturated rings. The van der Waals surface area contributed by atoms with Crippen molar-refractivity contribution in [3.8, 4) is 0 Å². The summed E-state index contributed by atoms with van der Waals surface area (Å²) < 4.78 is 5.12. The van der Waals surface area contributed by atoms with E-state index in [0.29, 0.717) is 17.9 Å². The average molecular weight is 437 g/mol. The van der Waals surface area contributed by atoms with E-state index in [0.717, 1.165) is 32.5 Å². The first-order valence-corrected chi connectivity index (χ1v) is 11.2. The molecule has 0 saturated heterocycles. The van der Waals surface area contributed by atoms with Gasteiger partial charge in [0.15, 0.2) is 0 Å². The first kappa shape index (κ1) is 26.6. The second kappa shape index (κ2) is 15.4. The van der Waals surface area contributed by atoms with Gasteiger partial charge in [0.25, 0.3) is 5.91 Å². The molecule has 0 radical (unpaired) electrons. The highest BCUT2D eigenvalue weighted by Crippen LogP contribution is 2.08. The van der Waals surface area contributed by atoms with Crippen LogP contribution in [0.4, 0.5) is 10.6 Å². The van der Waals surface area contributed by atoms with E-state index in [2.05, 4.69) is 26.5 Å². The molecule has 176 valence electrons. The Balaban J connectivity index is 2.10. The molecule has 2 amide bonds. The van der Waals surface area contributed by atoms with Gasteiger partial charge in [-0.2, -0.15) is 0 Å². The maximum Gasteiger partial charge on any atom is 0.426 e. The van der Waals surface area contributed by atoms with Crippen molar-refractivity contribution in [3.63, 3.8) is 0 Å². The molecule has 0 aromatic carbocycles. The van der Waals surface area contributed by atoms with E-state index in [1.807, 2.05) is 0 Å². The van der Waals surface area contributed by atoms with Gasteiger partial charge >= 0.3 is 6.09 Å². The quantitative estimate of drug-likeness (QED) is 0.211. The minimum Gasteiger partial charge on any atom is -0.443 e. The zero-order chi connectivity index (χ0) is 23.0. The topological polar surface area (TPSA) is 130 Å². The van der Waals surface area contributed by atoms with Crippen molar-refractivity contribution >= 4 is 17.8 Å². The van der Waals surface area contributed by atoms with Crippen LogP contribution in [0.3, 0.4) is 0 Å². The molecule has 0 spiro atoms. The third-order valence-corrected chi connectivity index (χ3v) is 4.34. The summed E-state index contributed by atoms with van der Waals surface area (Å²) in [6.07, 6.45) is 9.08. The van der Waals surface area contributed by atoms with Crippen LogP contribution < -0.4 is 27.2 Å². The third kappa shape index (κ3) is 14.3. The highest BCUT2D eigenvalue weighted by Gasteiger charge is 2.15. The summed E-state index contributed by atoms with van der Waals surface area (Å²) >= 11 is 0. The SMILES string of the molecule is CC(C)(C)OC(=O)NNc1ccc(C(=O)NCCCNCCCCCCCCN)cn1. The summed E-state index contributed by atoms with van der Waals surface area (Å²) in [6, 6.07) is 3.26. The number of carbonyl (C=O) groups excluding carboxylic acids is 2. The molecule has 1 rings (SSSR count). The summed E-state index contributed by atoms with van der Waals surface area (Å²) in [7, 11) is 0. The lowest BCUT2D eigenvalue weighted by molar-refractivity contribution is 0.0540. The van der Waals surface area contributed by atoms with Gasteiger partial charge in [0, 0.05) is 12.7 Å². The van der Waals surface area contributed by atoms with Gasteiger partial charge in [-0.1, -0.05) is 25.7 Å². The fraction of sp³-hybridized carbons (Fsp3) is 0.682. The largest absolute Gasteiger partial charge is 0.443 e. The molecule has 6 N–H and O–H groups in total. The number of anilines is 1. The number of nitrogens with one attached hydrogen (secondary N) is 4. The molecule has 1 aromatic heterocycles. The predicted octanol–water partition coefficient (Wildman–Crippen LogP) is 2.94. The highest BCUT2D eigenvalue weighted by molar-refractivity contribution is 5.94. The zero-order valence-corrected chi connectivity index (χ0v) is 19.3. The number of amides is 2. The highest BCUT2D eigenvalue weighted by atomic mass is 16.6. The summed E-state index contributed by atoms with van der Waals surface area (Å²) in [5.41, 5.74) is 10.4. The van der Waals surface area contributed by atoms with Crippen LogP contribution in [-0.4, -0.2) is 48.8 Å². The van der Waals surface area contributed by atoms with Crippen molar-refractivity contribution in [2.75, 3.05) is 31.6 Å². The van der Waals surface area contributed by atoms with Crippen LogP contribution >= 0.6 is 0 Å². The van der Waals surface area contributed by atoms with Crippen molar-refractivity contribution in [2.24, 2.45) is 5.73 Å². The Kier molecular flexibility index (Phi) is 13.3. The minimum absolute atomic E-state index is 0.170. The lowest BCUT2D eigenvalue weighted by Crippen LogP contribution is -2.36. The molecule has 0 unspecified atom stereocenters. The number of nitrogens with zero attached hydrogens (tertiary/aromatic N) is 1. The van der Waals surface area contributed by atoms with Gasteiger partial charge in [0.2, 0.25) is 0 Å². The first-order valence-electron chi connectivity index (χ1n) is 11.2. The maximum absolute atomic E-state index is 12.2. The molecular weight excluding hydrogens is 396 g/mol. The summed E-state index contributed by atoms with van der Waals surface area (Å²) in [6.45, 7) is 8.63. The fourth-order valence-electron chi connectivity index (χ4n) is 2.76. The monoisotopic (exact) mass is 436 g/mol. The fourth-order valence-corrected chi connectivity index (χ4v) is 2.76. The van der Waals surface area contributed by atoms with E-state index >= 15 is 0 Å². The lowest BCUT2D eigenvalue weighted by Gasteiger charge is -2.19. The smallest absolute Gasteiger partial charge is 0.426 e. The normalized spacial score (nSPS) is 11.1. The maximum atomic E-state index is 12.2. The van der Waals surface area contributed by atoms with Gasteiger partial charge in [-0.05, 0) is 71.8 Å².